The second-order valence-electron chi connectivity index (χ2n) is 10.0. The molecule has 0 radical (unpaired) electrons. The van der Waals surface area contributed by atoms with E-state index in [9.17, 15) is 14.0 Å². The van der Waals surface area contributed by atoms with Crippen LogP contribution in [-0.4, -0.2) is 68.8 Å². The maximum absolute atomic E-state index is 14.3. The molecule has 2 aromatic carbocycles. The van der Waals surface area contributed by atoms with E-state index in [2.05, 4.69) is 34.1 Å². The number of benzene rings is 2. The van der Waals surface area contributed by atoms with Crippen molar-refractivity contribution >= 4 is 23.2 Å². The van der Waals surface area contributed by atoms with Crippen LogP contribution in [0.3, 0.4) is 0 Å². The Morgan fingerprint density at radius 2 is 1.70 bits per heavy atom. The predicted octanol–water partition coefficient (Wildman–Crippen LogP) is 5.14. The van der Waals surface area contributed by atoms with Gasteiger partial charge in [0.05, 0.1) is 18.7 Å². The summed E-state index contributed by atoms with van der Waals surface area (Å²) in [5.74, 6) is -0.862. The maximum atomic E-state index is 14.3. The Morgan fingerprint density at radius 3 is 2.45 bits per heavy atom. The van der Waals surface area contributed by atoms with E-state index in [1.165, 1.54) is 29.0 Å². The molecule has 0 unspecified atom stereocenters. The number of piperazine rings is 1. The first-order valence-corrected chi connectivity index (χ1v) is 14.6. The van der Waals surface area contributed by atoms with Gasteiger partial charge in [-0.15, -0.1) is 11.3 Å². The molecular formula is C31H34FN5O2S. The highest BCUT2D eigenvalue weighted by atomic mass is 32.1. The van der Waals surface area contributed by atoms with Crippen molar-refractivity contribution in [3.05, 3.63) is 112 Å². The van der Waals surface area contributed by atoms with Crippen LogP contribution in [0.1, 0.15) is 50.5 Å². The smallest absolute Gasteiger partial charge is 0.273 e. The highest BCUT2D eigenvalue weighted by Crippen LogP contribution is 2.19. The molecule has 0 saturated carbocycles. The van der Waals surface area contributed by atoms with Gasteiger partial charge in [0, 0.05) is 56.5 Å². The molecule has 1 saturated heterocycles. The number of amides is 2. The minimum absolute atomic E-state index is 0.0285. The summed E-state index contributed by atoms with van der Waals surface area (Å²) in [6.07, 6.45) is 2.71. The molecule has 2 amide bonds. The second kappa shape index (κ2) is 13.0. The van der Waals surface area contributed by atoms with Gasteiger partial charge in [0.15, 0.2) is 0 Å². The highest BCUT2D eigenvalue weighted by Gasteiger charge is 2.24. The number of halogens is 1. The van der Waals surface area contributed by atoms with Gasteiger partial charge < -0.3 is 14.4 Å². The number of carbonyl (C=O) groups is 2. The molecule has 3 heterocycles. The average Bonchev–Trinajstić information content (AvgIpc) is 3.63. The zero-order valence-electron chi connectivity index (χ0n) is 22.7. The Hall–Kier alpha value is -3.82. The molecule has 0 aliphatic carbocycles. The first-order valence-electron chi connectivity index (χ1n) is 13.7. The summed E-state index contributed by atoms with van der Waals surface area (Å²) < 4.78 is 16.3. The zero-order chi connectivity index (χ0) is 27.9. The fourth-order valence-electron chi connectivity index (χ4n) is 5.01. The molecule has 0 N–H and O–H groups in total. The zero-order valence-corrected chi connectivity index (χ0v) is 23.5. The van der Waals surface area contributed by atoms with Crippen molar-refractivity contribution < 1.29 is 14.0 Å². The van der Waals surface area contributed by atoms with Crippen LogP contribution in [0.4, 0.5) is 4.39 Å². The van der Waals surface area contributed by atoms with E-state index >= 15 is 0 Å². The van der Waals surface area contributed by atoms with Crippen molar-refractivity contribution in [2.75, 3.05) is 32.7 Å². The molecule has 0 atom stereocenters. The molecule has 5 rings (SSSR count). The van der Waals surface area contributed by atoms with Crippen molar-refractivity contribution in [1.82, 2.24) is 24.3 Å². The standard InChI is InChI=1S/C31H34FN5O2S/c1-2-14-37(30(38)26-12-6-7-13-27(26)32)21-25-11-8-15-36(25)22-29-33-28(23-40-29)31(39)35-18-16-34(17-19-35)20-24-9-4-3-5-10-24/h3-13,15,23H,2,14,16-22H2,1H3. The molecule has 7 nitrogen and oxygen atoms in total. The lowest BCUT2D eigenvalue weighted by Crippen LogP contribution is -2.48. The quantitative estimate of drug-likeness (QED) is 0.270. The Balaban J connectivity index is 1.19. The van der Waals surface area contributed by atoms with Crippen molar-refractivity contribution in [2.24, 2.45) is 0 Å². The molecule has 1 fully saturated rings. The number of carbonyl (C=O) groups excluding carboxylic acids is 2. The lowest BCUT2D eigenvalue weighted by molar-refractivity contribution is 0.0623. The Morgan fingerprint density at radius 1 is 0.950 bits per heavy atom. The van der Waals surface area contributed by atoms with Crippen LogP contribution in [0.25, 0.3) is 0 Å². The first-order chi connectivity index (χ1) is 19.5. The van der Waals surface area contributed by atoms with Crippen LogP contribution in [-0.2, 0) is 19.6 Å². The van der Waals surface area contributed by atoms with Gasteiger partial charge in [-0.05, 0) is 36.2 Å². The van der Waals surface area contributed by atoms with E-state index in [0.29, 0.717) is 38.4 Å². The second-order valence-corrected chi connectivity index (χ2v) is 11.0. The molecule has 4 aromatic rings. The van der Waals surface area contributed by atoms with Crippen molar-refractivity contribution in [3.63, 3.8) is 0 Å². The van der Waals surface area contributed by atoms with Crippen LogP contribution in [0.15, 0.2) is 78.3 Å². The van der Waals surface area contributed by atoms with Crippen LogP contribution in [0.5, 0.6) is 0 Å². The third kappa shape index (κ3) is 6.66. The van der Waals surface area contributed by atoms with Crippen molar-refractivity contribution in [1.29, 1.82) is 0 Å². The number of nitrogens with zero attached hydrogens (tertiary/aromatic N) is 5. The lowest BCUT2D eigenvalue weighted by Gasteiger charge is -2.34. The SMILES string of the molecule is CCCN(Cc1cccn1Cc1nc(C(=O)N2CCN(Cc3ccccc3)CC2)cs1)C(=O)c1ccccc1F. The Labute approximate surface area is 238 Å². The lowest BCUT2D eigenvalue weighted by atomic mass is 10.1. The summed E-state index contributed by atoms with van der Waals surface area (Å²) in [6.45, 7) is 7.31. The number of hydrogen-bond donors (Lipinski definition) is 0. The maximum Gasteiger partial charge on any atom is 0.273 e. The minimum Gasteiger partial charge on any atom is -0.343 e. The van der Waals surface area contributed by atoms with Gasteiger partial charge in [0.25, 0.3) is 11.8 Å². The molecule has 0 spiro atoms. The number of rotatable bonds is 10. The van der Waals surface area contributed by atoms with Crippen LogP contribution < -0.4 is 0 Å². The third-order valence-electron chi connectivity index (χ3n) is 7.15. The predicted molar refractivity (Wildman–Crippen MR) is 155 cm³/mol. The molecule has 208 valence electrons. The molecule has 1 aliphatic heterocycles. The summed E-state index contributed by atoms with van der Waals surface area (Å²) in [6, 6.07) is 20.4. The molecule has 40 heavy (non-hydrogen) atoms. The number of thiazole rings is 1. The van der Waals surface area contributed by atoms with Gasteiger partial charge in [-0.2, -0.15) is 0 Å². The van der Waals surface area contributed by atoms with E-state index < -0.39 is 5.82 Å². The van der Waals surface area contributed by atoms with E-state index in [4.69, 9.17) is 0 Å². The normalized spacial score (nSPS) is 13.9. The monoisotopic (exact) mass is 559 g/mol. The Bertz CT molecular complexity index is 1430. The Kier molecular flexibility index (Phi) is 9.03. The largest absolute Gasteiger partial charge is 0.343 e. The van der Waals surface area contributed by atoms with Gasteiger partial charge >= 0.3 is 0 Å². The van der Waals surface area contributed by atoms with Crippen LogP contribution >= 0.6 is 11.3 Å². The molecule has 1 aliphatic rings. The molecule has 9 heteroatoms. The van der Waals surface area contributed by atoms with Gasteiger partial charge in [0.1, 0.15) is 16.5 Å². The van der Waals surface area contributed by atoms with E-state index in [1.807, 2.05) is 46.2 Å². The van der Waals surface area contributed by atoms with Gasteiger partial charge in [-0.1, -0.05) is 49.4 Å². The van der Waals surface area contributed by atoms with E-state index in [0.717, 1.165) is 36.8 Å². The number of aromatic nitrogens is 2. The topological polar surface area (TPSA) is 61.7 Å². The average molecular weight is 560 g/mol. The van der Waals surface area contributed by atoms with Crippen molar-refractivity contribution in [2.45, 2.75) is 33.0 Å². The van der Waals surface area contributed by atoms with Gasteiger partial charge in [-0.25, -0.2) is 9.37 Å². The fourth-order valence-corrected chi connectivity index (χ4v) is 5.78. The summed E-state index contributed by atoms with van der Waals surface area (Å²) in [5.41, 5.74) is 2.77. The highest BCUT2D eigenvalue weighted by molar-refractivity contribution is 7.09. The van der Waals surface area contributed by atoms with Crippen molar-refractivity contribution in [3.8, 4) is 0 Å². The van der Waals surface area contributed by atoms with Gasteiger partial charge in [-0.3, -0.25) is 14.5 Å². The molecule has 0 bridgehead atoms. The summed E-state index contributed by atoms with van der Waals surface area (Å²) in [5, 5.41) is 2.66. The molecular weight excluding hydrogens is 525 g/mol. The van der Waals surface area contributed by atoms with Crippen LogP contribution in [0, 0.1) is 5.82 Å². The first kappa shape index (κ1) is 27.7. The molecule has 2 aromatic heterocycles. The summed E-state index contributed by atoms with van der Waals surface area (Å²) >= 11 is 1.47. The minimum atomic E-state index is -0.512. The fraction of sp³-hybridized carbons (Fsp3) is 0.323. The van der Waals surface area contributed by atoms with E-state index in [1.54, 1.807) is 17.0 Å². The van der Waals surface area contributed by atoms with Crippen LogP contribution in [0.2, 0.25) is 0 Å². The summed E-state index contributed by atoms with van der Waals surface area (Å²) in [7, 11) is 0. The van der Waals surface area contributed by atoms with Gasteiger partial charge in [0.2, 0.25) is 0 Å². The number of hydrogen-bond acceptors (Lipinski definition) is 5. The summed E-state index contributed by atoms with van der Waals surface area (Å²) in [4.78, 5) is 36.9. The third-order valence-corrected chi connectivity index (χ3v) is 7.98. The van der Waals surface area contributed by atoms with E-state index in [-0.39, 0.29) is 17.4 Å².